The number of rotatable bonds is 2. The van der Waals surface area contributed by atoms with Crippen molar-refractivity contribution in [3.05, 3.63) is 60.3 Å². The van der Waals surface area contributed by atoms with Crippen LogP contribution in [0.2, 0.25) is 0 Å². The van der Waals surface area contributed by atoms with Gasteiger partial charge in [0.05, 0.1) is 5.56 Å². The van der Waals surface area contributed by atoms with Gasteiger partial charge < -0.3 is 15.6 Å². The predicted molar refractivity (Wildman–Crippen MR) is 82.4 cm³/mol. The summed E-state index contributed by atoms with van der Waals surface area (Å²) < 4.78 is 37.4. The first-order valence-corrected chi connectivity index (χ1v) is 6.74. The molecule has 2 amide bonds. The van der Waals surface area contributed by atoms with Crippen LogP contribution in [0.3, 0.4) is 0 Å². The van der Waals surface area contributed by atoms with E-state index < -0.39 is 17.8 Å². The van der Waals surface area contributed by atoms with Gasteiger partial charge >= 0.3 is 12.2 Å². The zero-order valence-corrected chi connectivity index (χ0v) is 11.7. The van der Waals surface area contributed by atoms with Gasteiger partial charge in [-0.3, -0.25) is 0 Å². The minimum Gasteiger partial charge on any atom is -0.361 e. The molecule has 23 heavy (non-hydrogen) atoms. The van der Waals surface area contributed by atoms with Crippen LogP contribution in [0, 0.1) is 0 Å². The quantitative estimate of drug-likeness (QED) is 0.622. The number of alkyl halides is 3. The lowest BCUT2D eigenvalue weighted by Crippen LogP contribution is -2.19. The molecule has 0 fully saturated rings. The summed E-state index contributed by atoms with van der Waals surface area (Å²) in [6.45, 7) is 0. The monoisotopic (exact) mass is 319 g/mol. The van der Waals surface area contributed by atoms with Crippen molar-refractivity contribution in [3.8, 4) is 0 Å². The van der Waals surface area contributed by atoms with Gasteiger partial charge in [0, 0.05) is 28.5 Å². The Labute approximate surface area is 129 Å². The number of hydrogen-bond acceptors (Lipinski definition) is 1. The van der Waals surface area contributed by atoms with Crippen molar-refractivity contribution in [2.45, 2.75) is 6.18 Å². The van der Waals surface area contributed by atoms with Crippen LogP contribution in [0.5, 0.6) is 0 Å². The molecule has 118 valence electrons. The molecule has 3 aromatic rings. The van der Waals surface area contributed by atoms with Crippen LogP contribution < -0.4 is 10.6 Å². The smallest absolute Gasteiger partial charge is 0.361 e. The normalized spacial score (nSPS) is 11.4. The molecular weight excluding hydrogens is 307 g/mol. The highest BCUT2D eigenvalue weighted by molar-refractivity contribution is 6.00. The molecule has 0 aliphatic heterocycles. The number of nitrogens with one attached hydrogen (secondary N) is 3. The second kappa shape index (κ2) is 5.68. The van der Waals surface area contributed by atoms with Crippen molar-refractivity contribution >= 4 is 28.3 Å². The van der Waals surface area contributed by atoms with Gasteiger partial charge in [0.1, 0.15) is 0 Å². The molecule has 0 atom stereocenters. The summed E-state index contributed by atoms with van der Waals surface area (Å²) in [6, 6.07) is 10.9. The third-order valence-corrected chi connectivity index (χ3v) is 3.28. The molecule has 1 heterocycles. The van der Waals surface area contributed by atoms with E-state index in [1.54, 1.807) is 18.3 Å². The zero-order valence-electron chi connectivity index (χ0n) is 11.7. The van der Waals surface area contributed by atoms with Crippen LogP contribution in [0.25, 0.3) is 10.9 Å². The van der Waals surface area contributed by atoms with Gasteiger partial charge in [0.15, 0.2) is 0 Å². The van der Waals surface area contributed by atoms with E-state index in [4.69, 9.17) is 0 Å². The maximum Gasteiger partial charge on any atom is 0.416 e. The van der Waals surface area contributed by atoms with Crippen molar-refractivity contribution in [2.24, 2.45) is 0 Å². The summed E-state index contributed by atoms with van der Waals surface area (Å²) >= 11 is 0. The number of carbonyl (C=O) groups is 1. The second-order valence-corrected chi connectivity index (χ2v) is 4.93. The largest absolute Gasteiger partial charge is 0.416 e. The third kappa shape index (κ3) is 3.45. The Bertz CT molecular complexity index is 838. The maximum absolute atomic E-state index is 12.5. The van der Waals surface area contributed by atoms with E-state index in [-0.39, 0.29) is 5.69 Å². The molecule has 0 radical (unpaired) electrons. The average molecular weight is 319 g/mol. The minimum absolute atomic E-state index is 0.276. The Morgan fingerprint density at radius 1 is 0.913 bits per heavy atom. The Balaban J connectivity index is 1.66. The first-order valence-electron chi connectivity index (χ1n) is 6.74. The van der Waals surface area contributed by atoms with E-state index in [1.807, 2.05) is 12.1 Å². The van der Waals surface area contributed by atoms with Crippen molar-refractivity contribution in [2.75, 3.05) is 10.6 Å². The van der Waals surface area contributed by atoms with Gasteiger partial charge in [0.25, 0.3) is 0 Å². The number of fused-ring (bicyclic) bond motifs is 1. The number of aromatic nitrogens is 1. The molecule has 3 N–H and O–H groups in total. The molecule has 0 spiro atoms. The van der Waals surface area contributed by atoms with Crippen molar-refractivity contribution in [1.29, 1.82) is 0 Å². The highest BCUT2D eigenvalue weighted by Crippen LogP contribution is 2.29. The minimum atomic E-state index is -4.40. The Kier molecular flexibility index (Phi) is 3.69. The molecule has 0 aliphatic carbocycles. The van der Waals surface area contributed by atoms with Crippen LogP contribution in [-0.4, -0.2) is 11.0 Å². The molecule has 0 saturated heterocycles. The lowest BCUT2D eigenvalue weighted by molar-refractivity contribution is -0.137. The standard InChI is InChI=1S/C16H12F3N3O/c17-16(18,19)11-1-3-12(4-2-11)21-15(23)22-13-5-6-14-10(9-13)7-8-20-14/h1-9,20H,(H2,21,22,23). The van der Waals surface area contributed by atoms with E-state index in [9.17, 15) is 18.0 Å². The molecule has 4 nitrogen and oxygen atoms in total. The lowest BCUT2D eigenvalue weighted by Gasteiger charge is -2.10. The highest BCUT2D eigenvalue weighted by Gasteiger charge is 2.29. The number of anilines is 2. The number of benzene rings is 2. The van der Waals surface area contributed by atoms with Gasteiger partial charge in [-0.2, -0.15) is 13.2 Å². The molecule has 0 saturated carbocycles. The van der Waals surface area contributed by atoms with Crippen LogP contribution >= 0.6 is 0 Å². The van der Waals surface area contributed by atoms with Crippen molar-refractivity contribution in [3.63, 3.8) is 0 Å². The highest BCUT2D eigenvalue weighted by atomic mass is 19.4. The Hall–Kier alpha value is -2.96. The molecule has 3 rings (SSSR count). The van der Waals surface area contributed by atoms with Gasteiger partial charge in [-0.25, -0.2) is 4.79 Å². The predicted octanol–water partition coefficient (Wildman–Crippen LogP) is 4.83. The SMILES string of the molecule is O=C(Nc1ccc(C(F)(F)F)cc1)Nc1ccc2[nH]ccc2c1. The van der Waals surface area contributed by atoms with Crippen LogP contribution in [-0.2, 0) is 6.18 Å². The van der Waals surface area contributed by atoms with E-state index in [1.165, 1.54) is 12.1 Å². The fourth-order valence-electron chi connectivity index (χ4n) is 2.17. The topological polar surface area (TPSA) is 56.9 Å². The first kappa shape index (κ1) is 15.0. The van der Waals surface area contributed by atoms with Gasteiger partial charge in [-0.15, -0.1) is 0 Å². The molecule has 0 unspecified atom stereocenters. The molecule has 0 aliphatic rings. The fraction of sp³-hybridized carbons (Fsp3) is 0.0625. The van der Waals surface area contributed by atoms with E-state index >= 15 is 0 Å². The summed E-state index contributed by atoms with van der Waals surface area (Å²) in [5.74, 6) is 0. The molecule has 2 aromatic carbocycles. The van der Waals surface area contributed by atoms with Crippen LogP contribution in [0.1, 0.15) is 5.56 Å². The van der Waals surface area contributed by atoms with Crippen LogP contribution in [0.15, 0.2) is 54.7 Å². The van der Waals surface area contributed by atoms with Gasteiger partial charge in [0.2, 0.25) is 0 Å². The van der Waals surface area contributed by atoms with Crippen molar-refractivity contribution in [1.82, 2.24) is 4.98 Å². The number of H-pyrrole nitrogens is 1. The Morgan fingerprint density at radius 3 is 2.26 bits per heavy atom. The van der Waals surface area contributed by atoms with Gasteiger partial charge in [-0.05, 0) is 48.5 Å². The maximum atomic E-state index is 12.5. The summed E-state index contributed by atoms with van der Waals surface area (Å²) in [7, 11) is 0. The van der Waals surface area contributed by atoms with E-state index in [2.05, 4.69) is 15.6 Å². The third-order valence-electron chi connectivity index (χ3n) is 3.28. The average Bonchev–Trinajstić information content (AvgIpc) is 2.94. The molecule has 7 heteroatoms. The number of aromatic amines is 1. The molecule has 1 aromatic heterocycles. The Morgan fingerprint density at radius 2 is 1.57 bits per heavy atom. The lowest BCUT2D eigenvalue weighted by atomic mass is 10.2. The number of amides is 2. The second-order valence-electron chi connectivity index (χ2n) is 4.93. The number of halogens is 3. The summed E-state index contributed by atoms with van der Waals surface area (Å²) in [5, 5.41) is 6.06. The zero-order chi connectivity index (χ0) is 16.4. The number of hydrogen-bond donors (Lipinski definition) is 3. The number of urea groups is 1. The van der Waals surface area contributed by atoms with E-state index in [0.717, 1.165) is 23.0 Å². The summed E-state index contributed by atoms with van der Waals surface area (Å²) in [4.78, 5) is 14.9. The van der Waals surface area contributed by atoms with Crippen LogP contribution in [0.4, 0.5) is 29.3 Å². The fourth-order valence-corrected chi connectivity index (χ4v) is 2.17. The number of carbonyl (C=O) groups excluding carboxylic acids is 1. The molecular formula is C16H12F3N3O. The first-order chi connectivity index (χ1) is 10.9. The summed E-state index contributed by atoms with van der Waals surface area (Å²) in [5.41, 5.74) is 1.04. The van der Waals surface area contributed by atoms with Crippen molar-refractivity contribution < 1.29 is 18.0 Å². The van der Waals surface area contributed by atoms with E-state index in [0.29, 0.717) is 5.69 Å². The van der Waals surface area contributed by atoms with Gasteiger partial charge in [-0.1, -0.05) is 0 Å². The summed E-state index contributed by atoms with van der Waals surface area (Å²) in [6.07, 6.45) is -2.61. The molecule has 0 bridgehead atoms.